The van der Waals surface area contributed by atoms with Crippen molar-refractivity contribution in [2.75, 3.05) is 20.1 Å². The number of carbonyl (C=O) groups excluding carboxylic acids is 2. The number of carbonyl (C=O) groups is 2. The second-order valence-corrected chi connectivity index (χ2v) is 6.72. The molecule has 2 rings (SSSR count). The van der Waals surface area contributed by atoms with Crippen LogP contribution in [0.5, 0.6) is 0 Å². The van der Waals surface area contributed by atoms with E-state index in [0.717, 1.165) is 12.0 Å². The molecule has 0 aromatic carbocycles. The molecule has 2 heterocycles. The Balaban J connectivity index is 1.96. The van der Waals surface area contributed by atoms with E-state index in [1.54, 1.807) is 22.9 Å². The summed E-state index contributed by atoms with van der Waals surface area (Å²) in [4.78, 5) is 27.8. The lowest BCUT2D eigenvalue weighted by Crippen LogP contribution is -2.42. The summed E-state index contributed by atoms with van der Waals surface area (Å²) in [6.45, 7) is 8.46. The van der Waals surface area contributed by atoms with Crippen molar-refractivity contribution in [3.8, 4) is 0 Å². The Morgan fingerprint density at radius 2 is 2.09 bits per heavy atom. The molecule has 1 unspecified atom stereocenters. The molecular formula is C16H24N2O4. The Bertz CT molecular complexity index is 559. The van der Waals surface area contributed by atoms with Crippen LogP contribution in [-0.4, -0.2) is 53.6 Å². The Labute approximate surface area is 131 Å². The summed E-state index contributed by atoms with van der Waals surface area (Å²) in [6.07, 6.45) is 1.89. The Hall–Kier alpha value is -1.98. The molecule has 6 nitrogen and oxygen atoms in total. The first-order valence-corrected chi connectivity index (χ1v) is 7.48. The Morgan fingerprint density at radius 3 is 2.64 bits per heavy atom. The normalized spacial score (nSPS) is 18.4. The standard InChI is InChI=1S/C16H24N2O4/c1-11-7-9-21-13(11)14(19)18-8-6-12(10-18)17(5)15(20)22-16(2,3)4/h7,9,12H,6,8,10H2,1-5H3. The predicted octanol–water partition coefficient (Wildman–Crippen LogP) is 2.67. The van der Waals surface area contributed by atoms with Gasteiger partial charge in [0.05, 0.1) is 12.3 Å². The second kappa shape index (κ2) is 6.02. The summed E-state index contributed by atoms with van der Waals surface area (Å²) in [6, 6.07) is 1.74. The zero-order chi connectivity index (χ0) is 16.5. The van der Waals surface area contributed by atoms with Crippen LogP contribution in [0.2, 0.25) is 0 Å². The topological polar surface area (TPSA) is 63.0 Å². The molecule has 1 saturated heterocycles. The average molecular weight is 308 g/mol. The first-order valence-electron chi connectivity index (χ1n) is 7.48. The van der Waals surface area contributed by atoms with Crippen LogP contribution in [-0.2, 0) is 4.74 Å². The minimum absolute atomic E-state index is 0.0333. The number of nitrogens with zero attached hydrogens (tertiary/aromatic N) is 2. The molecule has 122 valence electrons. The van der Waals surface area contributed by atoms with Crippen LogP contribution in [0.4, 0.5) is 4.79 Å². The number of ether oxygens (including phenoxy) is 1. The smallest absolute Gasteiger partial charge is 0.410 e. The van der Waals surface area contributed by atoms with Gasteiger partial charge in [0.15, 0.2) is 5.76 Å². The van der Waals surface area contributed by atoms with Crippen molar-refractivity contribution < 1.29 is 18.7 Å². The van der Waals surface area contributed by atoms with E-state index in [9.17, 15) is 9.59 Å². The number of likely N-dealkylation sites (N-methyl/N-ethyl adjacent to an activating group) is 1. The largest absolute Gasteiger partial charge is 0.459 e. The molecule has 6 heteroatoms. The lowest BCUT2D eigenvalue weighted by molar-refractivity contribution is 0.0226. The van der Waals surface area contributed by atoms with E-state index in [1.807, 2.05) is 27.7 Å². The van der Waals surface area contributed by atoms with Crippen molar-refractivity contribution in [2.45, 2.75) is 45.8 Å². The molecule has 1 aliphatic heterocycles. The van der Waals surface area contributed by atoms with Crippen LogP contribution in [0.1, 0.15) is 43.3 Å². The van der Waals surface area contributed by atoms with E-state index in [-0.39, 0.29) is 18.0 Å². The highest BCUT2D eigenvalue weighted by Crippen LogP contribution is 2.21. The predicted molar refractivity (Wildman–Crippen MR) is 81.8 cm³/mol. The molecule has 1 aromatic rings. The van der Waals surface area contributed by atoms with E-state index in [4.69, 9.17) is 9.15 Å². The highest BCUT2D eigenvalue weighted by molar-refractivity contribution is 5.93. The quantitative estimate of drug-likeness (QED) is 0.842. The second-order valence-electron chi connectivity index (χ2n) is 6.72. The van der Waals surface area contributed by atoms with Crippen molar-refractivity contribution >= 4 is 12.0 Å². The van der Waals surface area contributed by atoms with Gasteiger partial charge in [0.2, 0.25) is 0 Å². The Morgan fingerprint density at radius 1 is 1.41 bits per heavy atom. The number of furan rings is 1. The summed E-state index contributed by atoms with van der Waals surface area (Å²) in [5.74, 6) is 0.253. The van der Waals surface area contributed by atoms with Gasteiger partial charge in [-0.1, -0.05) is 0 Å². The molecule has 22 heavy (non-hydrogen) atoms. The maximum atomic E-state index is 12.4. The van der Waals surface area contributed by atoms with Crippen molar-refractivity contribution in [3.05, 3.63) is 23.7 Å². The first kappa shape index (κ1) is 16.4. The molecule has 0 saturated carbocycles. The number of likely N-dealkylation sites (tertiary alicyclic amines) is 1. The van der Waals surface area contributed by atoms with Gasteiger partial charge in [-0.3, -0.25) is 4.79 Å². The molecule has 0 aliphatic carbocycles. The van der Waals surface area contributed by atoms with Gasteiger partial charge in [0, 0.05) is 25.7 Å². The van der Waals surface area contributed by atoms with E-state index in [1.165, 1.54) is 6.26 Å². The fourth-order valence-electron chi connectivity index (χ4n) is 2.46. The van der Waals surface area contributed by atoms with Gasteiger partial charge in [-0.25, -0.2) is 4.79 Å². The summed E-state index contributed by atoms with van der Waals surface area (Å²) in [7, 11) is 1.71. The van der Waals surface area contributed by atoms with Gasteiger partial charge in [-0.05, 0) is 40.2 Å². The number of amides is 2. The maximum absolute atomic E-state index is 12.4. The number of rotatable bonds is 2. The van der Waals surface area contributed by atoms with Crippen molar-refractivity contribution in [1.82, 2.24) is 9.80 Å². The van der Waals surface area contributed by atoms with Crippen LogP contribution in [0.3, 0.4) is 0 Å². The molecule has 1 aliphatic rings. The van der Waals surface area contributed by atoms with Crippen LogP contribution in [0.15, 0.2) is 16.7 Å². The molecule has 0 N–H and O–H groups in total. The molecule has 1 atom stereocenters. The maximum Gasteiger partial charge on any atom is 0.410 e. The molecule has 0 bridgehead atoms. The first-order chi connectivity index (χ1) is 10.2. The highest BCUT2D eigenvalue weighted by atomic mass is 16.6. The van der Waals surface area contributed by atoms with E-state index >= 15 is 0 Å². The molecule has 2 amide bonds. The number of hydrogen-bond donors (Lipinski definition) is 0. The van der Waals surface area contributed by atoms with Crippen molar-refractivity contribution in [1.29, 1.82) is 0 Å². The van der Waals surface area contributed by atoms with E-state index in [2.05, 4.69) is 0 Å². The van der Waals surface area contributed by atoms with E-state index < -0.39 is 5.60 Å². The van der Waals surface area contributed by atoms with Gasteiger partial charge in [0.1, 0.15) is 5.60 Å². The number of hydrogen-bond acceptors (Lipinski definition) is 4. The molecular weight excluding hydrogens is 284 g/mol. The molecule has 0 spiro atoms. The molecule has 0 radical (unpaired) electrons. The third kappa shape index (κ3) is 3.61. The van der Waals surface area contributed by atoms with Crippen LogP contribution in [0.25, 0.3) is 0 Å². The molecule has 1 aromatic heterocycles. The van der Waals surface area contributed by atoms with Crippen LogP contribution < -0.4 is 0 Å². The third-order valence-corrected chi connectivity index (χ3v) is 3.74. The minimum atomic E-state index is -0.523. The highest BCUT2D eigenvalue weighted by Gasteiger charge is 2.34. The lowest BCUT2D eigenvalue weighted by atomic mass is 10.2. The summed E-state index contributed by atoms with van der Waals surface area (Å²) in [5.41, 5.74) is 0.305. The Kier molecular flexibility index (Phi) is 4.49. The van der Waals surface area contributed by atoms with Crippen LogP contribution >= 0.6 is 0 Å². The number of aryl methyl sites for hydroxylation is 1. The summed E-state index contributed by atoms with van der Waals surface area (Å²) < 4.78 is 10.6. The van der Waals surface area contributed by atoms with Crippen LogP contribution in [0, 0.1) is 6.92 Å². The van der Waals surface area contributed by atoms with Gasteiger partial charge in [0.25, 0.3) is 5.91 Å². The third-order valence-electron chi connectivity index (χ3n) is 3.74. The minimum Gasteiger partial charge on any atom is -0.459 e. The SMILES string of the molecule is Cc1ccoc1C(=O)N1CCC(N(C)C(=O)OC(C)(C)C)C1. The van der Waals surface area contributed by atoms with Gasteiger partial charge in [-0.15, -0.1) is 0 Å². The summed E-state index contributed by atoms with van der Waals surface area (Å²) >= 11 is 0. The zero-order valence-electron chi connectivity index (χ0n) is 13.9. The molecule has 1 fully saturated rings. The fourth-order valence-corrected chi connectivity index (χ4v) is 2.46. The van der Waals surface area contributed by atoms with Gasteiger partial charge in [-0.2, -0.15) is 0 Å². The average Bonchev–Trinajstić information content (AvgIpc) is 3.03. The fraction of sp³-hybridized carbons (Fsp3) is 0.625. The van der Waals surface area contributed by atoms with Gasteiger partial charge < -0.3 is 19.0 Å². The van der Waals surface area contributed by atoms with E-state index in [0.29, 0.717) is 18.8 Å². The van der Waals surface area contributed by atoms with Crippen molar-refractivity contribution in [3.63, 3.8) is 0 Å². The summed E-state index contributed by atoms with van der Waals surface area (Å²) in [5, 5.41) is 0. The van der Waals surface area contributed by atoms with Crippen molar-refractivity contribution in [2.24, 2.45) is 0 Å². The lowest BCUT2D eigenvalue weighted by Gasteiger charge is -2.28. The monoisotopic (exact) mass is 308 g/mol. The zero-order valence-corrected chi connectivity index (χ0v) is 13.9. The van der Waals surface area contributed by atoms with Gasteiger partial charge >= 0.3 is 6.09 Å².